The number of hydrogen-bond donors (Lipinski definition) is 1. The second-order valence-corrected chi connectivity index (χ2v) is 10.6. The number of rotatable bonds is 7. The number of piperidine rings is 1. The molecule has 5 nitrogen and oxygen atoms in total. The Morgan fingerprint density at radius 2 is 1.29 bits per heavy atom. The first-order valence-electron chi connectivity index (χ1n) is 12.7. The number of carboxylic acid groups (broad SMARTS) is 1. The van der Waals surface area contributed by atoms with Crippen LogP contribution in [0.15, 0.2) is 120 Å². The molecule has 38 heavy (non-hydrogen) atoms. The molecule has 3 atom stereocenters. The number of hydrogen-bond acceptors (Lipinski definition) is 4. The van der Waals surface area contributed by atoms with Crippen molar-refractivity contribution in [2.24, 2.45) is 5.92 Å². The molecule has 4 aromatic carbocycles. The first-order valence-corrected chi connectivity index (χ1v) is 13.5. The first kappa shape index (κ1) is 26.2. The van der Waals surface area contributed by atoms with E-state index in [0.29, 0.717) is 0 Å². The Morgan fingerprint density at radius 1 is 0.816 bits per heavy atom. The minimum Gasteiger partial charge on any atom is -0.530 e. The van der Waals surface area contributed by atoms with Crippen molar-refractivity contribution in [3.05, 3.63) is 142 Å². The quantitative estimate of drug-likeness (QED) is 0.311. The maximum atomic E-state index is 11.9. The fourth-order valence-corrected chi connectivity index (χ4v) is 5.87. The van der Waals surface area contributed by atoms with E-state index in [2.05, 4.69) is 52.3 Å². The molecule has 0 aliphatic carbocycles. The highest BCUT2D eigenvalue weighted by Gasteiger charge is 2.42. The smallest absolute Gasteiger partial charge is 0.143 e. The van der Waals surface area contributed by atoms with Gasteiger partial charge in [-0.25, -0.2) is 0 Å². The van der Waals surface area contributed by atoms with E-state index >= 15 is 0 Å². The summed E-state index contributed by atoms with van der Waals surface area (Å²) in [4.78, 5) is 13.0. The number of amides is 1. The Bertz CT molecular complexity index is 1240. The van der Waals surface area contributed by atoms with Crippen molar-refractivity contribution in [2.45, 2.75) is 17.6 Å². The average molecular weight is 571 g/mol. The summed E-state index contributed by atoms with van der Waals surface area (Å²) >= 11 is 3.48. The number of aliphatic hydroxyl groups excluding tert-OH is 1. The van der Waals surface area contributed by atoms with Gasteiger partial charge in [-0.1, -0.05) is 119 Å². The standard InChI is InChI=1S/C32H30BrNO4/c33-28-18-16-23(17-19-28)30-24(20-34(31(36)37)21-29(30)35)22-38-32(25-10-4-1-5-11-25,26-12-6-2-7-13-26)27-14-8-3-9-15-27/h1-19,24,29-30,35H,20-22H2,(H,36,37)/p-1. The molecule has 0 aromatic heterocycles. The number of halogens is 1. The van der Waals surface area contributed by atoms with E-state index < -0.39 is 17.8 Å². The summed E-state index contributed by atoms with van der Waals surface area (Å²) in [6.45, 7) is 0.412. The summed E-state index contributed by atoms with van der Waals surface area (Å²) in [7, 11) is 0. The topological polar surface area (TPSA) is 72.8 Å². The Kier molecular flexibility index (Phi) is 7.93. The van der Waals surface area contributed by atoms with E-state index in [4.69, 9.17) is 4.74 Å². The highest BCUT2D eigenvalue weighted by molar-refractivity contribution is 9.10. The van der Waals surface area contributed by atoms with E-state index in [-0.39, 0.29) is 31.5 Å². The molecule has 1 fully saturated rings. The van der Waals surface area contributed by atoms with Crippen LogP contribution in [0.2, 0.25) is 0 Å². The van der Waals surface area contributed by atoms with Crippen LogP contribution in [-0.2, 0) is 10.3 Å². The van der Waals surface area contributed by atoms with Crippen molar-refractivity contribution in [2.75, 3.05) is 19.7 Å². The van der Waals surface area contributed by atoms with Crippen LogP contribution in [0.25, 0.3) is 0 Å². The van der Waals surface area contributed by atoms with Gasteiger partial charge in [0.05, 0.1) is 12.7 Å². The molecule has 6 heteroatoms. The van der Waals surface area contributed by atoms with E-state index in [9.17, 15) is 15.0 Å². The van der Waals surface area contributed by atoms with Crippen molar-refractivity contribution in [1.29, 1.82) is 0 Å². The van der Waals surface area contributed by atoms with Crippen LogP contribution in [0.1, 0.15) is 28.2 Å². The number of likely N-dealkylation sites (tertiary alicyclic amines) is 1. The van der Waals surface area contributed by atoms with Crippen molar-refractivity contribution in [3.63, 3.8) is 0 Å². The maximum Gasteiger partial charge on any atom is 0.143 e. The number of benzene rings is 4. The third-order valence-electron chi connectivity index (χ3n) is 7.35. The number of ether oxygens (including phenoxy) is 1. The highest BCUT2D eigenvalue weighted by atomic mass is 79.9. The molecular formula is C32H29BrNO4-. The van der Waals surface area contributed by atoms with Gasteiger partial charge in [0.25, 0.3) is 0 Å². The molecule has 1 aliphatic heterocycles. The Morgan fingerprint density at radius 3 is 1.74 bits per heavy atom. The fourth-order valence-electron chi connectivity index (χ4n) is 5.61. The Hall–Kier alpha value is -3.45. The number of aliphatic hydroxyl groups is 1. The molecule has 1 N–H and O–H groups in total. The summed E-state index contributed by atoms with van der Waals surface area (Å²) < 4.78 is 7.96. The summed E-state index contributed by atoms with van der Waals surface area (Å²) in [5.74, 6) is -0.618. The zero-order valence-electron chi connectivity index (χ0n) is 20.8. The van der Waals surface area contributed by atoms with Gasteiger partial charge in [-0.05, 0) is 34.4 Å². The molecule has 1 amide bonds. The Labute approximate surface area is 231 Å². The molecule has 0 spiro atoms. The van der Waals surface area contributed by atoms with E-state index in [1.807, 2.05) is 78.9 Å². The predicted octanol–water partition coefficient (Wildman–Crippen LogP) is 5.18. The first-order chi connectivity index (χ1) is 18.5. The van der Waals surface area contributed by atoms with Gasteiger partial charge in [-0.2, -0.15) is 0 Å². The summed E-state index contributed by atoms with van der Waals surface area (Å²) in [6, 6.07) is 38.0. The monoisotopic (exact) mass is 570 g/mol. The van der Waals surface area contributed by atoms with Crippen LogP contribution >= 0.6 is 15.9 Å². The normalized spacial score (nSPS) is 19.7. The van der Waals surface area contributed by atoms with E-state index in [0.717, 1.165) is 26.7 Å². The predicted molar refractivity (Wildman–Crippen MR) is 149 cm³/mol. The SMILES string of the molecule is O=C([O-])N1CC(O)C(c2ccc(Br)cc2)C(COC(c2ccccc2)(c2ccccc2)c2ccccc2)C1. The van der Waals surface area contributed by atoms with Gasteiger partial charge in [-0.3, -0.25) is 0 Å². The van der Waals surface area contributed by atoms with Crippen molar-refractivity contribution in [1.82, 2.24) is 4.90 Å². The molecule has 0 bridgehead atoms. The molecule has 0 radical (unpaired) electrons. The van der Waals surface area contributed by atoms with Gasteiger partial charge in [0.1, 0.15) is 11.7 Å². The summed E-state index contributed by atoms with van der Waals surface area (Å²) in [5.41, 5.74) is 2.89. The summed E-state index contributed by atoms with van der Waals surface area (Å²) in [6.07, 6.45) is -2.18. The van der Waals surface area contributed by atoms with Crippen LogP contribution in [-0.4, -0.2) is 41.9 Å². The maximum absolute atomic E-state index is 11.9. The number of carbonyl (C=O) groups is 1. The zero-order valence-corrected chi connectivity index (χ0v) is 22.4. The number of β-amino-alcohol motifs (C(OH)–C–C–N with tert-alkyl or cyclic N) is 1. The molecular weight excluding hydrogens is 542 g/mol. The summed E-state index contributed by atoms with van der Waals surface area (Å²) in [5, 5.41) is 23.0. The van der Waals surface area contributed by atoms with Crippen molar-refractivity contribution >= 4 is 22.0 Å². The van der Waals surface area contributed by atoms with Crippen LogP contribution < -0.4 is 5.11 Å². The zero-order chi connectivity index (χ0) is 26.5. The van der Waals surface area contributed by atoms with Crippen molar-refractivity contribution in [3.8, 4) is 0 Å². The van der Waals surface area contributed by atoms with Gasteiger partial charge < -0.3 is 24.6 Å². The molecule has 1 heterocycles. The lowest BCUT2D eigenvalue weighted by Crippen LogP contribution is -2.55. The minimum atomic E-state index is -1.29. The molecule has 3 unspecified atom stereocenters. The van der Waals surface area contributed by atoms with E-state index in [1.54, 1.807) is 0 Å². The van der Waals surface area contributed by atoms with Gasteiger partial charge in [0, 0.05) is 29.4 Å². The molecule has 4 aromatic rings. The molecule has 194 valence electrons. The lowest BCUT2D eigenvalue weighted by Gasteiger charge is -2.45. The average Bonchev–Trinajstić information content (AvgIpc) is 2.95. The lowest BCUT2D eigenvalue weighted by atomic mass is 9.77. The third-order valence-corrected chi connectivity index (χ3v) is 7.88. The molecule has 1 aliphatic rings. The number of carbonyl (C=O) groups excluding carboxylic acids is 1. The minimum absolute atomic E-state index is 0.000757. The van der Waals surface area contributed by atoms with Gasteiger partial charge in [0.2, 0.25) is 0 Å². The van der Waals surface area contributed by atoms with Crippen LogP contribution in [0.3, 0.4) is 0 Å². The molecule has 0 saturated carbocycles. The second kappa shape index (κ2) is 11.5. The van der Waals surface area contributed by atoms with Crippen LogP contribution in [0.4, 0.5) is 4.79 Å². The Balaban J connectivity index is 1.59. The van der Waals surface area contributed by atoms with Gasteiger partial charge in [-0.15, -0.1) is 0 Å². The van der Waals surface area contributed by atoms with E-state index in [1.165, 1.54) is 4.90 Å². The van der Waals surface area contributed by atoms with Gasteiger partial charge in [0.15, 0.2) is 0 Å². The molecule has 1 saturated heterocycles. The van der Waals surface area contributed by atoms with Crippen molar-refractivity contribution < 1.29 is 19.7 Å². The largest absolute Gasteiger partial charge is 0.530 e. The number of nitrogens with zero attached hydrogens (tertiary/aromatic N) is 1. The molecule has 5 rings (SSSR count). The highest BCUT2D eigenvalue weighted by Crippen LogP contribution is 2.42. The lowest BCUT2D eigenvalue weighted by molar-refractivity contribution is -0.269. The fraction of sp³-hybridized carbons (Fsp3) is 0.219. The third kappa shape index (κ3) is 5.25. The van der Waals surface area contributed by atoms with Crippen LogP contribution in [0.5, 0.6) is 0 Å². The van der Waals surface area contributed by atoms with Crippen LogP contribution in [0, 0.1) is 5.92 Å². The van der Waals surface area contributed by atoms with Gasteiger partial charge >= 0.3 is 0 Å². The second-order valence-electron chi connectivity index (χ2n) is 9.67.